The van der Waals surface area contributed by atoms with Gasteiger partial charge in [0.05, 0.1) is 6.54 Å². The lowest BCUT2D eigenvalue weighted by atomic mass is 10.2. The summed E-state index contributed by atoms with van der Waals surface area (Å²) in [5, 5.41) is 16.0. The number of nitrogens with one attached hydrogen (secondary N) is 1. The number of aryl methyl sites for hydroxylation is 1. The smallest absolute Gasteiger partial charge is 0.240 e. The van der Waals surface area contributed by atoms with Gasteiger partial charge in [-0.1, -0.05) is 17.3 Å². The van der Waals surface area contributed by atoms with Crippen molar-refractivity contribution >= 4 is 0 Å². The van der Waals surface area contributed by atoms with Crippen LogP contribution < -0.4 is 5.32 Å². The average Bonchev–Trinajstić information content (AvgIpc) is 2.67. The highest BCUT2D eigenvalue weighted by atomic mass is 16.5. The zero-order valence-corrected chi connectivity index (χ0v) is 8.97. The van der Waals surface area contributed by atoms with Gasteiger partial charge >= 0.3 is 0 Å². The first-order valence-corrected chi connectivity index (χ1v) is 5.02. The zero-order chi connectivity index (χ0) is 11.4. The second-order valence-electron chi connectivity index (χ2n) is 3.51. The number of nitrogens with zero attached hydrogens (tertiary/aromatic N) is 2. The van der Waals surface area contributed by atoms with Crippen molar-refractivity contribution in [1.29, 1.82) is 0 Å². The Morgan fingerprint density at radius 3 is 2.62 bits per heavy atom. The van der Waals surface area contributed by atoms with Crippen molar-refractivity contribution in [2.75, 3.05) is 0 Å². The Labute approximate surface area is 93.1 Å². The predicted octanol–water partition coefficient (Wildman–Crippen LogP) is 1.37. The van der Waals surface area contributed by atoms with Gasteiger partial charge in [0.15, 0.2) is 5.82 Å². The number of aromatic nitrogens is 2. The summed E-state index contributed by atoms with van der Waals surface area (Å²) in [6.45, 7) is 3.02. The summed E-state index contributed by atoms with van der Waals surface area (Å²) in [7, 11) is 0. The first-order chi connectivity index (χ1) is 7.74. The molecule has 0 amide bonds. The highest BCUT2D eigenvalue weighted by Crippen LogP contribution is 2.09. The molecule has 2 N–H and O–H groups in total. The maximum Gasteiger partial charge on any atom is 0.240 e. The molecule has 1 heterocycles. The van der Waals surface area contributed by atoms with E-state index in [0.717, 1.165) is 5.56 Å². The van der Waals surface area contributed by atoms with Gasteiger partial charge in [-0.3, -0.25) is 0 Å². The van der Waals surface area contributed by atoms with Crippen LogP contribution >= 0.6 is 0 Å². The van der Waals surface area contributed by atoms with Gasteiger partial charge in [-0.15, -0.1) is 0 Å². The minimum Gasteiger partial charge on any atom is -0.508 e. The SMILES string of the molecule is Cc1noc(CNCc2ccc(O)cc2)n1. The van der Waals surface area contributed by atoms with E-state index in [1.807, 2.05) is 12.1 Å². The molecule has 0 bridgehead atoms. The minimum atomic E-state index is 0.274. The molecule has 0 unspecified atom stereocenters. The van der Waals surface area contributed by atoms with Crippen molar-refractivity contribution in [2.24, 2.45) is 0 Å². The van der Waals surface area contributed by atoms with E-state index >= 15 is 0 Å². The third-order valence-electron chi connectivity index (χ3n) is 2.11. The first kappa shape index (κ1) is 10.6. The van der Waals surface area contributed by atoms with Crippen LogP contribution in [0.2, 0.25) is 0 Å². The summed E-state index contributed by atoms with van der Waals surface area (Å²) in [4.78, 5) is 4.08. The molecule has 0 aliphatic heterocycles. The Morgan fingerprint density at radius 1 is 1.25 bits per heavy atom. The van der Waals surface area contributed by atoms with Gasteiger partial charge in [0.25, 0.3) is 0 Å². The van der Waals surface area contributed by atoms with Crippen LogP contribution in [-0.2, 0) is 13.1 Å². The molecule has 2 aromatic rings. The molecule has 0 spiro atoms. The number of hydrogen-bond donors (Lipinski definition) is 2. The van der Waals surface area contributed by atoms with Gasteiger partial charge in [-0.25, -0.2) is 0 Å². The average molecular weight is 219 g/mol. The molecular formula is C11H13N3O2. The van der Waals surface area contributed by atoms with E-state index in [9.17, 15) is 0 Å². The van der Waals surface area contributed by atoms with E-state index < -0.39 is 0 Å². The molecule has 0 aliphatic rings. The largest absolute Gasteiger partial charge is 0.508 e. The number of phenols is 1. The zero-order valence-electron chi connectivity index (χ0n) is 8.97. The number of phenolic OH excluding ortho intramolecular Hbond substituents is 1. The predicted molar refractivity (Wildman–Crippen MR) is 57.7 cm³/mol. The van der Waals surface area contributed by atoms with Gasteiger partial charge in [0.2, 0.25) is 5.89 Å². The van der Waals surface area contributed by atoms with E-state index in [0.29, 0.717) is 24.8 Å². The maximum atomic E-state index is 9.11. The molecule has 0 aliphatic carbocycles. The van der Waals surface area contributed by atoms with E-state index in [1.165, 1.54) is 0 Å². The lowest BCUT2D eigenvalue weighted by Gasteiger charge is -2.01. The number of hydrogen-bond acceptors (Lipinski definition) is 5. The molecule has 0 fully saturated rings. The monoisotopic (exact) mass is 219 g/mol. The summed E-state index contributed by atoms with van der Waals surface area (Å²) in [6, 6.07) is 7.05. The number of rotatable bonds is 4. The van der Waals surface area contributed by atoms with Crippen LogP contribution in [0.25, 0.3) is 0 Å². The summed E-state index contributed by atoms with van der Waals surface area (Å²) in [5.41, 5.74) is 1.09. The molecule has 0 saturated carbocycles. The fourth-order valence-electron chi connectivity index (χ4n) is 1.34. The molecular weight excluding hydrogens is 206 g/mol. The van der Waals surface area contributed by atoms with Gasteiger partial charge in [0.1, 0.15) is 5.75 Å². The molecule has 5 nitrogen and oxygen atoms in total. The number of aromatic hydroxyl groups is 1. The van der Waals surface area contributed by atoms with Crippen LogP contribution in [0.15, 0.2) is 28.8 Å². The Balaban J connectivity index is 1.82. The molecule has 2 rings (SSSR count). The third-order valence-corrected chi connectivity index (χ3v) is 2.11. The molecule has 16 heavy (non-hydrogen) atoms. The minimum absolute atomic E-state index is 0.274. The van der Waals surface area contributed by atoms with Crippen LogP contribution in [0.5, 0.6) is 5.75 Å². The van der Waals surface area contributed by atoms with Gasteiger partial charge < -0.3 is 14.9 Å². The van der Waals surface area contributed by atoms with Crippen LogP contribution in [0.1, 0.15) is 17.3 Å². The van der Waals surface area contributed by atoms with Crippen molar-refractivity contribution < 1.29 is 9.63 Å². The fraction of sp³-hybridized carbons (Fsp3) is 0.273. The third kappa shape index (κ3) is 2.80. The van der Waals surface area contributed by atoms with Crippen molar-refractivity contribution in [3.05, 3.63) is 41.5 Å². The maximum absolute atomic E-state index is 9.11. The second-order valence-corrected chi connectivity index (χ2v) is 3.51. The summed E-state index contributed by atoms with van der Waals surface area (Å²) >= 11 is 0. The van der Waals surface area contributed by atoms with E-state index in [1.54, 1.807) is 19.1 Å². The quantitative estimate of drug-likeness (QED) is 0.812. The highest BCUT2D eigenvalue weighted by molar-refractivity contribution is 5.25. The molecule has 0 saturated heterocycles. The summed E-state index contributed by atoms with van der Waals surface area (Å²) < 4.78 is 4.96. The van der Waals surface area contributed by atoms with Crippen LogP contribution in [0.3, 0.4) is 0 Å². The normalized spacial score (nSPS) is 10.6. The van der Waals surface area contributed by atoms with Crippen molar-refractivity contribution in [3.63, 3.8) is 0 Å². The molecule has 1 aromatic heterocycles. The lowest BCUT2D eigenvalue weighted by Crippen LogP contribution is -2.12. The standard InChI is InChI=1S/C11H13N3O2/c1-8-13-11(16-14-8)7-12-6-9-2-4-10(15)5-3-9/h2-5,12,15H,6-7H2,1H3. The van der Waals surface area contributed by atoms with E-state index in [2.05, 4.69) is 15.5 Å². The Morgan fingerprint density at radius 2 is 2.00 bits per heavy atom. The Hall–Kier alpha value is -1.88. The van der Waals surface area contributed by atoms with Crippen LogP contribution in [-0.4, -0.2) is 15.2 Å². The van der Waals surface area contributed by atoms with Crippen LogP contribution in [0.4, 0.5) is 0 Å². The molecule has 0 radical (unpaired) electrons. The fourth-order valence-corrected chi connectivity index (χ4v) is 1.34. The first-order valence-electron chi connectivity index (χ1n) is 5.02. The van der Waals surface area contributed by atoms with Gasteiger partial charge in [-0.05, 0) is 24.6 Å². The molecule has 0 atom stereocenters. The highest BCUT2D eigenvalue weighted by Gasteiger charge is 2.01. The molecule has 84 valence electrons. The topological polar surface area (TPSA) is 71.2 Å². The van der Waals surface area contributed by atoms with Crippen molar-refractivity contribution in [2.45, 2.75) is 20.0 Å². The van der Waals surface area contributed by atoms with E-state index in [-0.39, 0.29) is 5.75 Å². The summed E-state index contributed by atoms with van der Waals surface area (Å²) in [6.07, 6.45) is 0. The molecule has 1 aromatic carbocycles. The second kappa shape index (κ2) is 4.76. The molecule has 5 heteroatoms. The van der Waals surface area contributed by atoms with Crippen molar-refractivity contribution in [3.8, 4) is 5.75 Å². The van der Waals surface area contributed by atoms with Crippen molar-refractivity contribution in [1.82, 2.24) is 15.5 Å². The van der Waals surface area contributed by atoms with E-state index in [4.69, 9.17) is 9.63 Å². The number of benzene rings is 1. The van der Waals surface area contributed by atoms with Gasteiger partial charge in [0, 0.05) is 6.54 Å². The Kier molecular flexibility index (Phi) is 3.16. The summed E-state index contributed by atoms with van der Waals surface area (Å²) in [5.74, 6) is 1.49. The van der Waals surface area contributed by atoms with Gasteiger partial charge in [-0.2, -0.15) is 4.98 Å². The lowest BCUT2D eigenvalue weighted by molar-refractivity contribution is 0.364. The Bertz CT molecular complexity index is 451. The van der Waals surface area contributed by atoms with Crippen LogP contribution in [0, 0.1) is 6.92 Å².